The quantitative estimate of drug-likeness (QED) is 0.800. The molecule has 1 aliphatic heterocycles. The number of alkyl halides is 1. The lowest BCUT2D eigenvalue weighted by molar-refractivity contribution is -0.132. The second-order valence-electron chi connectivity index (χ2n) is 6.80. The van der Waals surface area contributed by atoms with E-state index >= 15 is 0 Å². The molecule has 24 heavy (non-hydrogen) atoms. The number of rotatable bonds is 4. The summed E-state index contributed by atoms with van der Waals surface area (Å²) in [5, 5.41) is 4.33. The van der Waals surface area contributed by atoms with E-state index in [1.54, 1.807) is 0 Å². The molecule has 4 nitrogen and oxygen atoms in total. The number of fused-ring (bicyclic) bond motifs is 2. The number of aromatic nitrogens is 2. The van der Waals surface area contributed by atoms with Crippen LogP contribution in [0.25, 0.3) is 0 Å². The fraction of sp³-hybridized carbons (Fsp3) is 0.474. The van der Waals surface area contributed by atoms with E-state index in [9.17, 15) is 4.79 Å². The van der Waals surface area contributed by atoms with E-state index in [2.05, 4.69) is 23.3 Å². The molecule has 4 rings (SSSR count). The first kappa shape index (κ1) is 15.7. The molecule has 1 aromatic heterocycles. The molecule has 0 saturated heterocycles. The molecule has 2 heterocycles. The maximum absolute atomic E-state index is 12.5. The molecule has 2 aliphatic rings. The fourth-order valence-corrected chi connectivity index (χ4v) is 4.19. The largest absolute Gasteiger partial charge is 0.334 e. The Morgan fingerprint density at radius 3 is 3.04 bits per heavy atom. The van der Waals surface area contributed by atoms with Gasteiger partial charge in [-0.1, -0.05) is 18.2 Å². The van der Waals surface area contributed by atoms with Crippen LogP contribution in [-0.2, 0) is 37.1 Å². The van der Waals surface area contributed by atoms with E-state index in [4.69, 9.17) is 11.6 Å². The summed E-state index contributed by atoms with van der Waals surface area (Å²) in [4.78, 5) is 14.4. The SMILES string of the molecule is O=C(CCl)N(Cc1ccc2c(c1)CCC2)C1CCn2nccc2C1. The van der Waals surface area contributed by atoms with Crippen molar-refractivity contribution >= 4 is 17.5 Å². The zero-order valence-electron chi connectivity index (χ0n) is 13.7. The van der Waals surface area contributed by atoms with Crippen molar-refractivity contribution in [2.24, 2.45) is 0 Å². The van der Waals surface area contributed by atoms with Crippen molar-refractivity contribution in [1.82, 2.24) is 14.7 Å². The molecule has 1 unspecified atom stereocenters. The highest BCUT2D eigenvalue weighted by Gasteiger charge is 2.28. The third kappa shape index (κ3) is 2.95. The van der Waals surface area contributed by atoms with E-state index in [0.29, 0.717) is 6.54 Å². The minimum atomic E-state index is 0.0233. The van der Waals surface area contributed by atoms with Gasteiger partial charge in [0.15, 0.2) is 0 Å². The van der Waals surface area contributed by atoms with Gasteiger partial charge in [-0.05, 0) is 48.4 Å². The summed E-state index contributed by atoms with van der Waals surface area (Å²) in [6, 6.07) is 8.94. The number of hydrogen-bond donors (Lipinski definition) is 0. The third-order valence-electron chi connectivity index (χ3n) is 5.31. The number of amides is 1. The van der Waals surface area contributed by atoms with E-state index in [1.807, 2.05) is 21.8 Å². The molecule has 0 radical (unpaired) electrons. The van der Waals surface area contributed by atoms with E-state index in [-0.39, 0.29) is 17.8 Å². The van der Waals surface area contributed by atoms with Crippen LogP contribution in [0.3, 0.4) is 0 Å². The number of benzene rings is 1. The lowest BCUT2D eigenvalue weighted by Gasteiger charge is -2.34. The van der Waals surface area contributed by atoms with Crippen molar-refractivity contribution in [3.8, 4) is 0 Å². The van der Waals surface area contributed by atoms with Gasteiger partial charge >= 0.3 is 0 Å². The van der Waals surface area contributed by atoms with Gasteiger partial charge in [0.05, 0.1) is 0 Å². The van der Waals surface area contributed by atoms with Crippen LogP contribution in [0, 0.1) is 0 Å². The lowest BCUT2D eigenvalue weighted by atomic mass is 10.0. The second kappa shape index (κ2) is 6.60. The van der Waals surface area contributed by atoms with Gasteiger partial charge in [0.1, 0.15) is 5.88 Å². The van der Waals surface area contributed by atoms with Crippen LogP contribution < -0.4 is 0 Å². The summed E-state index contributed by atoms with van der Waals surface area (Å²) in [5.74, 6) is 0.0656. The van der Waals surface area contributed by atoms with Crippen molar-refractivity contribution in [3.63, 3.8) is 0 Å². The Balaban J connectivity index is 1.55. The Kier molecular flexibility index (Phi) is 4.31. The molecule has 0 spiro atoms. The van der Waals surface area contributed by atoms with E-state index in [1.165, 1.54) is 35.2 Å². The van der Waals surface area contributed by atoms with Gasteiger partial charge < -0.3 is 4.90 Å². The molecular formula is C19H22ClN3O. The first-order valence-corrected chi connectivity index (χ1v) is 9.25. The Hall–Kier alpha value is -1.81. The molecule has 5 heteroatoms. The van der Waals surface area contributed by atoms with Crippen molar-refractivity contribution in [2.75, 3.05) is 5.88 Å². The van der Waals surface area contributed by atoms with E-state index < -0.39 is 0 Å². The Labute approximate surface area is 147 Å². The van der Waals surface area contributed by atoms with Gasteiger partial charge in [0.2, 0.25) is 5.91 Å². The normalized spacial score (nSPS) is 19.0. The number of carbonyl (C=O) groups excluding carboxylic acids is 1. The van der Waals surface area contributed by atoms with Gasteiger partial charge in [-0.3, -0.25) is 9.48 Å². The number of halogens is 1. The zero-order valence-corrected chi connectivity index (χ0v) is 14.5. The predicted molar refractivity (Wildman–Crippen MR) is 94.1 cm³/mol. The minimum absolute atomic E-state index is 0.0233. The maximum Gasteiger partial charge on any atom is 0.238 e. The highest BCUT2D eigenvalue weighted by molar-refractivity contribution is 6.27. The Morgan fingerprint density at radius 1 is 1.29 bits per heavy atom. The topological polar surface area (TPSA) is 38.1 Å². The zero-order chi connectivity index (χ0) is 16.5. The Bertz CT molecular complexity index is 755. The number of carbonyl (C=O) groups is 1. The molecule has 126 valence electrons. The monoisotopic (exact) mass is 343 g/mol. The summed E-state index contributed by atoms with van der Waals surface area (Å²) in [6.45, 7) is 1.51. The van der Waals surface area contributed by atoms with Gasteiger partial charge in [0.25, 0.3) is 0 Å². The molecular weight excluding hydrogens is 322 g/mol. The summed E-state index contributed by atoms with van der Waals surface area (Å²) in [6.07, 6.45) is 7.22. The summed E-state index contributed by atoms with van der Waals surface area (Å²) in [7, 11) is 0. The van der Waals surface area contributed by atoms with Gasteiger partial charge in [-0.15, -0.1) is 11.6 Å². The van der Waals surface area contributed by atoms with Crippen molar-refractivity contribution < 1.29 is 4.79 Å². The highest BCUT2D eigenvalue weighted by atomic mass is 35.5. The number of aryl methyl sites for hydroxylation is 3. The molecule has 1 amide bonds. The minimum Gasteiger partial charge on any atom is -0.334 e. The van der Waals surface area contributed by atoms with E-state index in [0.717, 1.165) is 25.8 Å². The molecule has 1 atom stereocenters. The van der Waals surface area contributed by atoms with Crippen LogP contribution >= 0.6 is 11.6 Å². The van der Waals surface area contributed by atoms with Crippen molar-refractivity contribution in [1.29, 1.82) is 0 Å². The standard InChI is InChI=1S/C19H22ClN3O/c20-12-19(24)22(17-7-9-23-18(11-17)6-8-21-23)13-14-4-5-15-2-1-3-16(15)10-14/h4-6,8,10,17H,1-3,7,9,11-13H2. The first-order chi connectivity index (χ1) is 11.7. The smallest absolute Gasteiger partial charge is 0.238 e. The first-order valence-electron chi connectivity index (χ1n) is 8.71. The van der Waals surface area contributed by atoms with Crippen LogP contribution in [0.1, 0.15) is 35.2 Å². The van der Waals surface area contributed by atoms with Crippen LogP contribution in [0.2, 0.25) is 0 Å². The van der Waals surface area contributed by atoms with Gasteiger partial charge in [-0.2, -0.15) is 5.10 Å². The van der Waals surface area contributed by atoms with Gasteiger partial charge in [-0.25, -0.2) is 0 Å². The average Bonchev–Trinajstić information content (AvgIpc) is 3.26. The molecule has 1 aliphatic carbocycles. The highest BCUT2D eigenvalue weighted by Crippen LogP contribution is 2.25. The third-order valence-corrected chi connectivity index (χ3v) is 5.54. The molecule has 0 fully saturated rings. The number of nitrogens with zero attached hydrogens (tertiary/aromatic N) is 3. The van der Waals surface area contributed by atoms with Crippen LogP contribution in [0.15, 0.2) is 30.5 Å². The van der Waals surface area contributed by atoms with Crippen LogP contribution in [-0.4, -0.2) is 32.5 Å². The maximum atomic E-state index is 12.5. The van der Waals surface area contributed by atoms with Crippen LogP contribution in [0.5, 0.6) is 0 Å². The van der Waals surface area contributed by atoms with Crippen molar-refractivity contribution in [2.45, 2.75) is 51.2 Å². The summed E-state index contributed by atoms with van der Waals surface area (Å²) < 4.78 is 2.04. The lowest BCUT2D eigenvalue weighted by Crippen LogP contribution is -2.44. The summed E-state index contributed by atoms with van der Waals surface area (Å²) in [5.41, 5.74) is 5.34. The average molecular weight is 344 g/mol. The molecule has 0 N–H and O–H groups in total. The van der Waals surface area contributed by atoms with Crippen molar-refractivity contribution in [3.05, 3.63) is 52.8 Å². The number of hydrogen-bond acceptors (Lipinski definition) is 2. The van der Waals surface area contributed by atoms with Crippen LogP contribution in [0.4, 0.5) is 0 Å². The summed E-state index contributed by atoms with van der Waals surface area (Å²) >= 11 is 5.90. The molecule has 2 aromatic rings. The fourth-order valence-electron chi connectivity index (χ4n) is 4.03. The Morgan fingerprint density at radius 2 is 2.17 bits per heavy atom. The second-order valence-corrected chi connectivity index (χ2v) is 7.07. The molecule has 0 bridgehead atoms. The predicted octanol–water partition coefficient (Wildman–Crippen LogP) is 2.95. The molecule has 0 saturated carbocycles. The van der Waals surface area contributed by atoms with Gasteiger partial charge in [0, 0.05) is 37.4 Å². The molecule has 1 aromatic carbocycles.